The smallest absolute Gasteiger partial charge is 0.329 e. The van der Waals surface area contributed by atoms with E-state index in [-0.39, 0.29) is 12.5 Å². The molecule has 0 saturated carbocycles. The lowest BCUT2D eigenvalue weighted by Crippen LogP contribution is -2.57. The Labute approximate surface area is 239 Å². The zero-order chi connectivity index (χ0) is 27.0. The average Bonchev–Trinajstić information content (AvgIpc) is 3.18. The van der Waals surface area contributed by atoms with Crippen molar-refractivity contribution in [2.75, 3.05) is 0 Å². The summed E-state index contributed by atoms with van der Waals surface area (Å²) in [5, 5.41) is 0. The van der Waals surface area contributed by atoms with Crippen LogP contribution in [0, 0.1) is 17.8 Å². The lowest BCUT2D eigenvalue weighted by Gasteiger charge is -2.54. The molecule has 8 heteroatoms. The van der Waals surface area contributed by atoms with Crippen molar-refractivity contribution in [1.82, 2.24) is 4.90 Å². The molecule has 1 aliphatic heterocycles. The molecule has 1 heterocycles. The van der Waals surface area contributed by atoms with Gasteiger partial charge >= 0.3 is 5.97 Å². The van der Waals surface area contributed by atoms with Crippen LogP contribution in [0.1, 0.15) is 41.7 Å². The molecular weight excluding hydrogens is 589 g/mol. The van der Waals surface area contributed by atoms with Gasteiger partial charge in [0.05, 0.1) is 11.8 Å². The zero-order valence-electron chi connectivity index (χ0n) is 20.7. The molecule has 5 nitrogen and oxygen atoms in total. The van der Waals surface area contributed by atoms with E-state index in [0.29, 0.717) is 0 Å². The van der Waals surface area contributed by atoms with Crippen LogP contribution in [-0.4, -0.2) is 28.7 Å². The number of esters is 1. The second kappa shape index (κ2) is 8.94. The van der Waals surface area contributed by atoms with Gasteiger partial charge in [0.15, 0.2) is 0 Å². The number of halogens is 3. The van der Waals surface area contributed by atoms with Gasteiger partial charge in [0.2, 0.25) is 11.8 Å². The van der Waals surface area contributed by atoms with Crippen molar-refractivity contribution in [2.24, 2.45) is 17.8 Å². The van der Waals surface area contributed by atoms with Gasteiger partial charge in [-0.2, -0.15) is 0 Å². The lowest BCUT2D eigenvalue weighted by atomic mass is 9.54. The molecule has 38 heavy (non-hydrogen) atoms. The highest BCUT2D eigenvalue weighted by molar-refractivity contribution is 9.10. The number of imide groups is 1. The molecule has 0 spiro atoms. The summed E-state index contributed by atoms with van der Waals surface area (Å²) in [6, 6.07) is 21.2. The van der Waals surface area contributed by atoms with E-state index in [1.165, 1.54) is 0 Å². The Morgan fingerprint density at radius 3 is 1.66 bits per heavy atom. The van der Waals surface area contributed by atoms with Gasteiger partial charge in [-0.15, -0.1) is 23.2 Å². The van der Waals surface area contributed by atoms with E-state index in [0.717, 1.165) is 37.2 Å². The number of benzene rings is 3. The van der Waals surface area contributed by atoms with Crippen molar-refractivity contribution in [1.29, 1.82) is 0 Å². The van der Waals surface area contributed by atoms with Crippen LogP contribution >= 0.6 is 39.1 Å². The van der Waals surface area contributed by atoms with Crippen molar-refractivity contribution >= 4 is 56.9 Å². The normalized spacial score (nSPS) is 27.7. The van der Waals surface area contributed by atoms with Gasteiger partial charge in [0.1, 0.15) is 22.4 Å². The van der Waals surface area contributed by atoms with Gasteiger partial charge in [0.25, 0.3) is 0 Å². The molecular formula is C30H24BrCl2NO4. The fourth-order valence-corrected chi connectivity index (χ4v) is 7.82. The first-order chi connectivity index (χ1) is 18.1. The first kappa shape index (κ1) is 25.6. The van der Waals surface area contributed by atoms with E-state index in [2.05, 4.69) is 15.9 Å². The third kappa shape index (κ3) is 3.33. The Balaban J connectivity index is 1.42. The van der Waals surface area contributed by atoms with Crippen LogP contribution in [0.3, 0.4) is 0 Å². The fourth-order valence-electron chi connectivity index (χ4n) is 6.46. The molecule has 194 valence electrons. The van der Waals surface area contributed by atoms with Gasteiger partial charge in [-0.3, -0.25) is 14.5 Å². The number of ether oxygens (including phenoxy) is 1. The highest BCUT2D eigenvalue weighted by Gasteiger charge is 2.74. The van der Waals surface area contributed by atoms with Gasteiger partial charge < -0.3 is 4.74 Å². The first-order valence-corrected chi connectivity index (χ1v) is 14.0. The number of hydrogen-bond donors (Lipinski definition) is 0. The van der Waals surface area contributed by atoms with E-state index >= 15 is 0 Å². The van der Waals surface area contributed by atoms with Crippen molar-refractivity contribution in [3.8, 4) is 0 Å². The predicted octanol–water partition coefficient (Wildman–Crippen LogP) is 6.11. The topological polar surface area (TPSA) is 63.7 Å². The number of amides is 2. The van der Waals surface area contributed by atoms with E-state index in [1.54, 1.807) is 13.8 Å². The summed E-state index contributed by atoms with van der Waals surface area (Å²) in [4.78, 5) is 40.4. The standard InChI is InChI=1S/C30H24BrCl2NO4/c1-16(2)25(28(37)38-15-17-11-13-18(31)14-12-17)34-26(35)23-24(27(34)36)30(33)20-8-4-3-7-19(20)29(23,32)21-9-5-6-10-22(21)30/h3-14,16,23-25H,15H2,1-2H3/t23-,24-,25+,29?,30?/m1/s1. The largest absolute Gasteiger partial charge is 0.459 e. The zero-order valence-corrected chi connectivity index (χ0v) is 23.8. The van der Waals surface area contributed by atoms with E-state index in [1.807, 2.05) is 72.8 Å². The minimum absolute atomic E-state index is 0.0220. The highest BCUT2D eigenvalue weighted by Crippen LogP contribution is 2.69. The monoisotopic (exact) mass is 611 g/mol. The van der Waals surface area contributed by atoms with E-state index < -0.39 is 45.4 Å². The van der Waals surface area contributed by atoms with Gasteiger partial charge in [-0.1, -0.05) is 90.4 Å². The molecule has 2 bridgehead atoms. The molecule has 1 fully saturated rings. The molecule has 2 amide bonds. The number of likely N-dealkylation sites (tertiary alicyclic amines) is 1. The summed E-state index contributed by atoms with van der Waals surface area (Å²) < 4.78 is 6.54. The number of hydrogen-bond acceptors (Lipinski definition) is 4. The van der Waals surface area contributed by atoms with Crippen LogP contribution in [0.25, 0.3) is 0 Å². The molecule has 0 N–H and O–H groups in total. The number of carbonyl (C=O) groups excluding carboxylic acids is 3. The molecule has 0 aromatic heterocycles. The Kier molecular flexibility index (Phi) is 6.02. The minimum atomic E-state index is -1.29. The van der Waals surface area contributed by atoms with Crippen LogP contribution in [0.4, 0.5) is 0 Å². The van der Waals surface area contributed by atoms with Crippen molar-refractivity contribution in [3.05, 3.63) is 105 Å². The molecule has 1 saturated heterocycles. The summed E-state index contributed by atoms with van der Waals surface area (Å²) in [6.45, 7) is 3.60. The molecule has 3 aromatic rings. The second-order valence-electron chi connectivity index (χ2n) is 10.4. The number of alkyl halides is 2. The van der Waals surface area contributed by atoms with E-state index in [9.17, 15) is 14.4 Å². The van der Waals surface area contributed by atoms with Crippen LogP contribution in [0.5, 0.6) is 0 Å². The third-order valence-corrected chi connectivity index (χ3v) is 9.88. The Hall–Kier alpha value is -2.67. The van der Waals surface area contributed by atoms with Gasteiger partial charge in [-0.25, -0.2) is 4.79 Å². The fraction of sp³-hybridized carbons (Fsp3) is 0.300. The highest BCUT2D eigenvalue weighted by atomic mass is 79.9. The van der Waals surface area contributed by atoms with Crippen molar-refractivity contribution in [2.45, 2.75) is 36.2 Å². The Morgan fingerprint density at radius 2 is 1.26 bits per heavy atom. The quantitative estimate of drug-likeness (QED) is 0.198. The lowest BCUT2D eigenvalue weighted by molar-refractivity contribution is -0.162. The van der Waals surface area contributed by atoms with Crippen LogP contribution in [-0.2, 0) is 35.5 Å². The summed E-state index contributed by atoms with van der Waals surface area (Å²) in [5.41, 5.74) is 3.68. The maximum Gasteiger partial charge on any atom is 0.329 e. The molecule has 3 aromatic carbocycles. The Morgan fingerprint density at radius 1 is 0.842 bits per heavy atom. The van der Waals surface area contributed by atoms with Crippen LogP contribution < -0.4 is 0 Å². The third-order valence-electron chi connectivity index (χ3n) is 8.06. The second-order valence-corrected chi connectivity index (χ2v) is 12.5. The molecule has 3 atom stereocenters. The minimum Gasteiger partial charge on any atom is -0.459 e. The summed E-state index contributed by atoms with van der Waals surface area (Å²) in [6.07, 6.45) is 0. The number of carbonyl (C=O) groups is 3. The first-order valence-electron chi connectivity index (χ1n) is 12.5. The summed E-state index contributed by atoms with van der Waals surface area (Å²) >= 11 is 18.4. The van der Waals surface area contributed by atoms with Gasteiger partial charge in [0, 0.05) is 4.47 Å². The molecule has 7 rings (SSSR count). The maximum atomic E-state index is 14.2. The predicted molar refractivity (Wildman–Crippen MR) is 148 cm³/mol. The van der Waals surface area contributed by atoms with Crippen LogP contribution in [0.15, 0.2) is 77.3 Å². The van der Waals surface area contributed by atoms with Crippen molar-refractivity contribution < 1.29 is 19.1 Å². The number of nitrogens with zero attached hydrogens (tertiary/aromatic N) is 1. The SMILES string of the molecule is CC(C)[C@@H](C(=O)OCc1ccc(Br)cc1)N1C(=O)[C@H]2[C@H](C1=O)C1(Cl)c3ccccc3C2(Cl)c2ccccc21. The molecule has 0 unspecified atom stereocenters. The Bertz CT molecular complexity index is 1370. The molecule has 3 aliphatic carbocycles. The molecule has 0 radical (unpaired) electrons. The summed E-state index contributed by atoms with van der Waals surface area (Å²) in [5.74, 6) is -3.94. The number of rotatable bonds is 5. The maximum absolute atomic E-state index is 14.2. The average molecular weight is 613 g/mol. The molecule has 4 aliphatic rings. The van der Waals surface area contributed by atoms with Crippen molar-refractivity contribution in [3.63, 3.8) is 0 Å². The summed E-state index contributed by atoms with van der Waals surface area (Å²) in [7, 11) is 0. The van der Waals surface area contributed by atoms with Crippen LogP contribution in [0.2, 0.25) is 0 Å². The van der Waals surface area contributed by atoms with Gasteiger partial charge in [-0.05, 0) is 45.9 Å². The van der Waals surface area contributed by atoms with E-state index in [4.69, 9.17) is 27.9 Å².